The topological polar surface area (TPSA) is 105 Å². The number of halogens is 2. The van der Waals surface area contributed by atoms with Gasteiger partial charge < -0.3 is 14.3 Å². The molecule has 6 rings (SSSR count). The number of nitrogens with zero attached hydrogens (tertiary/aromatic N) is 6. The summed E-state index contributed by atoms with van der Waals surface area (Å²) in [7, 11) is 0. The highest BCUT2D eigenvalue weighted by Crippen LogP contribution is 2.47. The summed E-state index contributed by atoms with van der Waals surface area (Å²) in [6.45, 7) is 2.39. The van der Waals surface area contributed by atoms with Crippen LogP contribution in [0.4, 0.5) is 8.78 Å². The summed E-state index contributed by atoms with van der Waals surface area (Å²) in [5.41, 5.74) is 4.31. The average molecular weight is 439 g/mol. The second-order valence-corrected chi connectivity index (χ2v) is 8.41. The lowest BCUT2D eigenvalue weighted by molar-refractivity contribution is -0.0919. The number of aromatic nitrogens is 6. The Balaban J connectivity index is 1.36. The van der Waals surface area contributed by atoms with Crippen molar-refractivity contribution in [1.29, 1.82) is 0 Å². The fraction of sp³-hybridized carbons (Fsp3) is 0.381. The van der Waals surface area contributed by atoms with E-state index < -0.39 is 23.8 Å². The van der Waals surface area contributed by atoms with Gasteiger partial charge in [-0.05, 0) is 24.6 Å². The number of aryl methyl sites for hydroxylation is 1. The van der Waals surface area contributed by atoms with Crippen LogP contribution in [0, 0.1) is 6.92 Å². The lowest BCUT2D eigenvalue weighted by Crippen LogP contribution is -2.41. The zero-order chi connectivity index (χ0) is 22.0. The number of hydrogen-bond acceptors (Lipinski definition) is 6. The summed E-state index contributed by atoms with van der Waals surface area (Å²) >= 11 is 0. The minimum atomic E-state index is -2.71. The van der Waals surface area contributed by atoms with Crippen molar-refractivity contribution in [2.75, 3.05) is 6.54 Å². The van der Waals surface area contributed by atoms with E-state index in [9.17, 15) is 13.6 Å². The summed E-state index contributed by atoms with van der Waals surface area (Å²) in [4.78, 5) is 22.6. The SMILES string of the molecule is Cc1cccn2nc(C3c4nc[nH]c4CCN3C(=O)c3nnc(C4CC(F)(F)C4)o3)cc12. The fourth-order valence-corrected chi connectivity index (χ4v) is 4.55. The number of carbonyl (C=O) groups is 1. The van der Waals surface area contributed by atoms with Crippen molar-refractivity contribution >= 4 is 11.4 Å². The Morgan fingerprint density at radius 3 is 2.94 bits per heavy atom. The molecule has 0 radical (unpaired) electrons. The van der Waals surface area contributed by atoms with Crippen molar-refractivity contribution in [3.8, 4) is 0 Å². The van der Waals surface area contributed by atoms with Gasteiger partial charge in [0, 0.05) is 43.6 Å². The molecule has 11 heteroatoms. The summed E-state index contributed by atoms with van der Waals surface area (Å²) < 4.78 is 33.7. The monoisotopic (exact) mass is 439 g/mol. The van der Waals surface area contributed by atoms with E-state index in [1.807, 2.05) is 31.3 Å². The van der Waals surface area contributed by atoms with Gasteiger partial charge in [-0.3, -0.25) is 4.79 Å². The minimum Gasteiger partial charge on any atom is -0.417 e. The molecule has 0 bridgehead atoms. The number of carbonyl (C=O) groups excluding carboxylic acids is 1. The Morgan fingerprint density at radius 2 is 2.16 bits per heavy atom. The van der Waals surface area contributed by atoms with E-state index in [1.165, 1.54) is 0 Å². The van der Waals surface area contributed by atoms with Crippen LogP contribution in [0.3, 0.4) is 0 Å². The highest BCUT2D eigenvalue weighted by molar-refractivity contribution is 5.90. The van der Waals surface area contributed by atoms with Gasteiger partial charge in [0.25, 0.3) is 0 Å². The smallest absolute Gasteiger partial charge is 0.312 e. The fourth-order valence-electron chi connectivity index (χ4n) is 4.55. The van der Waals surface area contributed by atoms with Gasteiger partial charge in [0.1, 0.15) is 6.04 Å². The molecule has 1 atom stereocenters. The van der Waals surface area contributed by atoms with Crippen LogP contribution in [0.5, 0.6) is 0 Å². The van der Waals surface area contributed by atoms with Crippen LogP contribution in [0.15, 0.2) is 35.1 Å². The quantitative estimate of drug-likeness (QED) is 0.526. The standard InChI is InChI=1S/C21H19F2N7O2/c1-11-3-2-5-30-15(11)7-14(28-30)17-16-13(24-10-25-16)4-6-29(17)20(31)19-27-26-18(32-19)12-8-21(22,23)9-12/h2-3,5,7,10,12,17H,4,6,8-9H2,1H3,(H,24,25). The summed E-state index contributed by atoms with van der Waals surface area (Å²) in [6, 6.07) is 5.31. The molecule has 1 saturated carbocycles. The number of alkyl halides is 2. The molecule has 1 N–H and O–H groups in total. The molecule has 5 heterocycles. The van der Waals surface area contributed by atoms with Crippen molar-refractivity contribution < 1.29 is 18.0 Å². The molecule has 4 aromatic rings. The number of pyridine rings is 1. The normalized spacial score (nSPS) is 20.3. The second kappa shape index (κ2) is 6.68. The zero-order valence-electron chi connectivity index (χ0n) is 17.1. The molecule has 32 heavy (non-hydrogen) atoms. The first-order chi connectivity index (χ1) is 15.4. The van der Waals surface area contributed by atoms with Crippen LogP contribution in [0.2, 0.25) is 0 Å². The van der Waals surface area contributed by atoms with E-state index in [-0.39, 0.29) is 24.6 Å². The number of hydrogen-bond donors (Lipinski definition) is 1. The van der Waals surface area contributed by atoms with Crippen LogP contribution in [0.25, 0.3) is 5.52 Å². The van der Waals surface area contributed by atoms with Crippen molar-refractivity contribution in [1.82, 2.24) is 34.7 Å². The number of rotatable bonds is 3. The van der Waals surface area contributed by atoms with Crippen LogP contribution in [-0.2, 0) is 6.42 Å². The maximum absolute atomic E-state index is 13.4. The molecule has 0 spiro atoms. The van der Waals surface area contributed by atoms with Crippen molar-refractivity contribution in [3.63, 3.8) is 0 Å². The van der Waals surface area contributed by atoms with E-state index >= 15 is 0 Å². The molecule has 4 aromatic heterocycles. The summed E-state index contributed by atoms with van der Waals surface area (Å²) in [6.07, 6.45) is 3.36. The predicted octanol–water partition coefficient (Wildman–Crippen LogP) is 3.05. The first kappa shape index (κ1) is 19.1. The van der Waals surface area contributed by atoms with E-state index in [2.05, 4.69) is 20.2 Å². The van der Waals surface area contributed by atoms with Gasteiger partial charge in [0.05, 0.1) is 23.2 Å². The third-order valence-corrected chi connectivity index (χ3v) is 6.26. The van der Waals surface area contributed by atoms with Gasteiger partial charge in [0.15, 0.2) is 0 Å². The Labute approximate surface area is 180 Å². The highest BCUT2D eigenvalue weighted by Gasteiger charge is 2.49. The molecule has 1 amide bonds. The summed E-state index contributed by atoms with van der Waals surface area (Å²) in [5, 5.41) is 12.4. The number of fused-ring (bicyclic) bond motifs is 2. The van der Waals surface area contributed by atoms with Gasteiger partial charge in [-0.2, -0.15) is 5.10 Å². The number of aromatic amines is 1. The molecule has 2 aliphatic rings. The molecule has 1 unspecified atom stereocenters. The van der Waals surface area contributed by atoms with E-state index in [4.69, 9.17) is 9.52 Å². The third kappa shape index (κ3) is 2.91. The maximum atomic E-state index is 13.4. The average Bonchev–Trinajstić information content (AvgIpc) is 3.49. The lowest BCUT2D eigenvalue weighted by Gasteiger charge is -2.33. The van der Waals surface area contributed by atoms with Crippen LogP contribution in [-0.4, -0.2) is 53.1 Å². The van der Waals surface area contributed by atoms with E-state index in [1.54, 1.807) is 15.7 Å². The zero-order valence-corrected chi connectivity index (χ0v) is 17.1. The number of amides is 1. The van der Waals surface area contributed by atoms with Gasteiger partial charge in [0.2, 0.25) is 11.8 Å². The highest BCUT2D eigenvalue weighted by atomic mass is 19.3. The number of nitrogens with one attached hydrogen (secondary N) is 1. The van der Waals surface area contributed by atoms with E-state index in [0.29, 0.717) is 24.4 Å². The first-order valence-electron chi connectivity index (χ1n) is 10.4. The van der Waals surface area contributed by atoms with Crippen LogP contribution < -0.4 is 0 Å². The number of H-pyrrole nitrogens is 1. The Kier molecular flexibility index (Phi) is 3.99. The lowest BCUT2D eigenvalue weighted by atomic mass is 9.81. The predicted molar refractivity (Wildman–Crippen MR) is 106 cm³/mol. The van der Waals surface area contributed by atoms with Crippen molar-refractivity contribution in [3.05, 3.63) is 65.1 Å². The van der Waals surface area contributed by atoms with E-state index in [0.717, 1.165) is 16.8 Å². The molecule has 9 nitrogen and oxygen atoms in total. The van der Waals surface area contributed by atoms with Gasteiger partial charge in [-0.15, -0.1) is 10.2 Å². The Morgan fingerprint density at radius 1 is 1.31 bits per heavy atom. The largest absolute Gasteiger partial charge is 0.417 e. The van der Waals surface area contributed by atoms with Crippen LogP contribution >= 0.6 is 0 Å². The molecular formula is C21H19F2N7O2. The third-order valence-electron chi connectivity index (χ3n) is 6.26. The molecule has 1 fully saturated rings. The molecular weight excluding hydrogens is 420 g/mol. The van der Waals surface area contributed by atoms with Gasteiger partial charge in [-0.1, -0.05) is 6.07 Å². The van der Waals surface area contributed by atoms with Gasteiger partial charge in [-0.25, -0.2) is 18.3 Å². The minimum absolute atomic E-state index is 0.0802. The molecule has 1 aliphatic carbocycles. The molecule has 0 aromatic carbocycles. The van der Waals surface area contributed by atoms with Crippen molar-refractivity contribution in [2.24, 2.45) is 0 Å². The maximum Gasteiger partial charge on any atom is 0.312 e. The Hall–Kier alpha value is -3.63. The molecule has 0 saturated heterocycles. The van der Waals surface area contributed by atoms with Gasteiger partial charge >= 0.3 is 11.8 Å². The van der Waals surface area contributed by atoms with Crippen molar-refractivity contribution in [2.45, 2.75) is 44.1 Å². The van der Waals surface area contributed by atoms with Crippen LogP contribution in [0.1, 0.15) is 64.0 Å². The second-order valence-electron chi connectivity index (χ2n) is 8.41. The summed E-state index contributed by atoms with van der Waals surface area (Å²) in [5.74, 6) is -3.83. The first-order valence-corrected chi connectivity index (χ1v) is 10.4. The number of imidazole rings is 1. The Bertz CT molecular complexity index is 1330. The molecule has 1 aliphatic heterocycles. The molecule has 164 valence electrons.